The summed E-state index contributed by atoms with van der Waals surface area (Å²) in [7, 11) is 7.33. The van der Waals surface area contributed by atoms with E-state index < -0.39 is 0 Å². The van der Waals surface area contributed by atoms with Gasteiger partial charge in [0.15, 0.2) is 5.96 Å². The van der Waals surface area contributed by atoms with Crippen LogP contribution in [0, 0.1) is 0 Å². The van der Waals surface area contributed by atoms with Crippen molar-refractivity contribution in [2.24, 2.45) is 10.7 Å². The van der Waals surface area contributed by atoms with Gasteiger partial charge in [0, 0.05) is 11.8 Å². The largest absolute Gasteiger partial charge is 0.497 e. The molecular weight excluding hydrogens is 316 g/mol. The molecule has 2 aromatic rings. The highest BCUT2D eigenvalue weighted by molar-refractivity contribution is 5.92. The van der Waals surface area contributed by atoms with E-state index in [0.29, 0.717) is 12.5 Å². The number of anilines is 1. The van der Waals surface area contributed by atoms with Crippen LogP contribution in [0.5, 0.6) is 11.5 Å². The summed E-state index contributed by atoms with van der Waals surface area (Å²) in [6.45, 7) is 0.531. The second-order valence-corrected chi connectivity index (χ2v) is 5.84. The third-order valence-electron chi connectivity index (χ3n) is 3.88. The van der Waals surface area contributed by atoms with Gasteiger partial charge in [0.25, 0.3) is 0 Å². The van der Waals surface area contributed by atoms with Gasteiger partial charge in [-0.1, -0.05) is 18.2 Å². The van der Waals surface area contributed by atoms with Crippen LogP contribution in [0.25, 0.3) is 0 Å². The van der Waals surface area contributed by atoms with E-state index in [1.807, 2.05) is 56.6 Å². The Morgan fingerprint density at radius 1 is 1.08 bits per heavy atom. The highest BCUT2D eigenvalue weighted by atomic mass is 16.5. The minimum atomic E-state index is 0.0979. The van der Waals surface area contributed by atoms with Crippen LogP contribution in [0.1, 0.15) is 11.6 Å². The van der Waals surface area contributed by atoms with Gasteiger partial charge in [-0.15, -0.1) is 0 Å². The highest BCUT2D eigenvalue weighted by Gasteiger charge is 2.14. The molecule has 0 aliphatic rings. The van der Waals surface area contributed by atoms with Crippen molar-refractivity contribution in [1.29, 1.82) is 0 Å². The standard InChI is InChI=1S/C19H26N4O2/c1-23(2)18(14-7-5-9-16(11-14)24-3)13-21-19(20)22-15-8-6-10-17(12-15)25-4/h5-12,18H,13H2,1-4H3,(H3,20,21,22). The van der Waals surface area contributed by atoms with Crippen LogP contribution in [0.2, 0.25) is 0 Å². The molecule has 0 amide bonds. The lowest BCUT2D eigenvalue weighted by molar-refractivity contribution is 0.305. The van der Waals surface area contributed by atoms with Crippen LogP contribution in [-0.4, -0.2) is 45.7 Å². The Morgan fingerprint density at radius 2 is 1.72 bits per heavy atom. The molecule has 0 fully saturated rings. The fraction of sp³-hybridized carbons (Fsp3) is 0.316. The highest BCUT2D eigenvalue weighted by Crippen LogP contribution is 2.23. The molecule has 0 aliphatic heterocycles. The van der Waals surface area contributed by atoms with E-state index in [2.05, 4.69) is 21.3 Å². The Morgan fingerprint density at radius 3 is 2.36 bits per heavy atom. The molecule has 0 saturated carbocycles. The van der Waals surface area contributed by atoms with Gasteiger partial charge in [0.1, 0.15) is 11.5 Å². The molecule has 6 nitrogen and oxygen atoms in total. The first-order chi connectivity index (χ1) is 12.0. The lowest BCUT2D eigenvalue weighted by Gasteiger charge is -2.23. The van der Waals surface area contributed by atoms with Gasteiger partial charge in [-0.3, -0.25) is 4.99 Å². The average molecular weight is 342 g/mol. The predicted octanol–water partition coefficient (Wildman–Crippen LogP) is 2.73. The van der Waals surface area contributed by atoms with Gasteiger partial charge in [0.2, 0.25) is 0 Å². The van der Waals surface area contributed by atoms with Crippen LogP contribution in [0.4, 0.5) is 5.69 Å². The maximum absolute atomic E-state index is 6.03. The topological polar surface area (TPSA) is 72.1 Å². The summed E-state index contributed by atoms with van der Waals surface area (Å²) in [6.07, 6.45) is 0. The molecular formula is C19H26N4O2. The molecule has 6 heteroatoms. The fourth-order valence-electron chi connectivity index (χ4n) is 2.49. The number of likely N-dealkylation sites (N-methyl/N-ethyl adjacent to an activating group) is 1. The molecule has 1 unspecified atom stereocenters. The summed E-state index contributed by atoms with van der Waals surface area (Å²) in [5, 5.41) is 3.09. The number of ether oxygens (including phenoxy) is 2. The van der Waals surface area contributed by atoms with Gasteiger partial charge in [-0.05, 0) is 43.9 Å². The quantitative estimate of drug-likeness (QED) is 0.598. The molecule has 134 valence electrons. The number of rotatable bonds is 7. The molecule has 0 saturated heterocycles. The summed E-state index contributed by atoms with van der Waals surface area (Å²) in [5.41, 5.74) is 8.00. The van der Waals surface area contributed by atoms with Crippen molar-refractivity contribution in [3.05, 3.63) is 54.1 Å². The molecule has 0 heterocycles. The Bertz CT molecular complexity index is 716. The predicted molar refractivity (Wildman–Crippen MR) is 103 cm³/mol. The summed E-state index contributed by atoms with van der Waals surface area (Å²) in [5.74, 6) is 1.96. The Balaban J connectivity index is 2.09. The number of nitrogens with one attached hydrogen (secondary N) is 1. The zero-order valence-electron chi connectivity index (χ0n) is 15.2. The Labute approximate surface area is 149 Å². The zero-order chi connectivity index (χ0) is 18.2. The number of guanidine groups is 1. The molecule has 0 bridgehead atoms. The van der Waals surface area contributed by atoms with Crippen molar-refractivity contribution in [2.45, 2.75) is 6.04 Å². The number of methoxy groups -OCH3 is 2. The summed E-state index contributed by atoms with van der Waals surface area (Å²) < 4.78 is 10.5. The van der Waals surface area contributed by atoms with Crippen molar-refractivity contribution in [3.63, 3.8) is 0 Å². The van der Waals surface area contributed by atoms with Gasteiger partial charge in [-0.2, -0.15) is 0 Å². The van der Waals surface area contributed by atoms with Crippen molar-refractivity contribution in [2.75, 3.05) is 40.2 Å². The molecule has 0 aliphatic carbocycles. The molecule has 3 N–H and O–H groups in total. The second kappa shape index (κ2) is 8.94. The maximum Gasteiger partial charge on any atom is 0.193 e. The molecule has 25 heavy (non-hydrogen) atoms. The molecule has 1 atom stereocenters. The summed E-state index contributed by atoms with van der Waals surface area (Å²) in [6, 6.07) is 15.6. The van der Waals surface area contributed by atoms with E-state index in [-0.39, 0.29) is 6.04 Å². The second-order valence-electron chi connectivity index (χ2n) is 5.84. The van der Waals surface area contributed by atoms with Crippen LogP contribution in [0.3, 0.4) is 0 Å². The Hall–Kier alpha value is -2.73. The van der Waals surface area contributed by atoms with E-state index in [1.54, 1.807) is 14.2 Å². The van der Waals surface area contributed by atoms with Crippen molar-refractivity contribution in [1.82, 2.24) is 4.90 Å². The number of hydrogen-bond donors (Lipinski definition) is 2. The van der Waals surface area contributed by atoms with Crippen LogP contribution >= 0.6 is 0 Å². The lowest BCUT2D eigenvalue weighted by atomic mass is 10.1. The van der Waals surface area contributed by atoms with E-state index in [0.717, 1.165) is 22.7 Å². The minimum absolute atomic E-state index is 0.0979. The average Bonchev–Trinajstić information content (AvgIpc) is 2.62. The van der Waals surface area contributed by atoms with Crippen LogP contribution in [0.15, 0.2) is 53.5 Å². The third-order valence-corrected chi connectivity index (χ3v) is 3.88. The normalized spacial score (nSPS) is 12.8. The van der Waals surface area contributed by atoms with Crippen molar-refractivity contribution < 1.29 is 9.47 Å². The zero-order valence-corrected chi connectivity index (χ0v) is 15.2. The number of aliphatic imine (C=N–C) groups is 1. The van der Waals surface area contributed by atoms with Crippen LogP contribution in [-0.2, 0) is 0 Å². The monoisotopic (exact) mass is 342 g/mol. The first-order valence-corrected chi connectivity index (χ1v) is 8.05. The van der Waals surface area contributed by atoms with Gasteiger partial charge >= 0.3 is 0 Å². The molecule has 0 aromatic heterocycles. The van der Waals surface area contributed by atoms with E-state index in [9.17, 15) is 0 Å². The first kappa shape index (κ1) is 18.6. The van der Waals surface area contributed by atoms with Crippen molar-refractivity contribution in [3.8, 4) is 11.5 Å². The number of benzene rings is 2. The number of hydrogen-bond acceptors (Lipinski definition) is 4. The van der Waals surface area contributed by atoms with Gasteiger partial charge < -0.3 is 25.4 Å². The lowest BCUT2D eigenvalue weighted by Crippen LogP contribution is -2.27. The summed E-state index contributed by atoms with van der Waals surface area (Å²) >= 11 is 0. The first-order valence-electron chi connectivity index (χ1n) is 8.05. The third kappa shape index (κ3) is 5.39. The van der Waals surface area contributed by atoms with E-state index in [4.69, 9.17) is 15.2 Å². The van der Waals surface area contributed by atoms with E-state index in [1.165, 1.54) is 0 Å². The molecule has 2 aromatic carbocycles. The molecule has 0 spiro atoms. The minimum Gasteiger partial charge on any atom is -0.497 e. The van der Waals surface area contributed by atoms with Gasteiger partial charge in [0.05, 0.1) is 26.8 Å². The smallest absolute Gasteiger partial charge is 0.193 e. The van der Waals surface area contributed by atoms with Crippen LogP contribution < -0.4 is 20.5 Å². The fourth-order valence-corrected chi connectivity index (χ4v) is 2.49. The maximum atomic E-state index is 6.03. The number of nitrogens with two attached hydrogens (primary N) is 1. The molecule has 0 radical (unpaired) electrons. The summed E-state index contributed by atoms with van der Waals surface area (Å²) in [4.78, 5) is 6.60. The SMILES string of the molecule is COc1cccc(NC(N)=NCC(c2cccc(OC)c2)N(C)C)c1. The van der Waals surface area contributed by atoms with Crippen molar-refractivity contribution >= 4 is 11.6 Å². The molecule has 2 rings (SSSR count). The number of nitrogens with zero attached hydrogens (tertiary/aromatic N) is 2. The Kier molecular flexibility index (Phi) is 6.65. The van der Waals surface area contributed by atoms with E-state index >= 15 is 0 Å². The van der Waals surface area contributed by atoms with Gasteiger partial charge in [-0.25, -0.2) is 0 Å².